The maximum Gasteiger partial charge on any atom is 0.0115 e. The summed E-state index contributed by atoms with van der Waals surface area (Å²) in [4.78, 5) is 0. The van der Waals surface area contributed by atoms with E-state index in [-0.39, 0.29) is 6.04 Å². The molecule has 3 atom stereocenters. The topological polar surface area (TPSA) is 52.0 Å². The van der Waals surface area contributed by atoms with E-state index >= 15 is 0 Å². The average molecular weight is 268 g/mol. The van der Waals surface area contributed by atoms with Gasteiger partial charge in [0.15, 0.2) is 0 Å². The Bertz CT molecular complexity index is 493. The van der Waals surface area contributed by atoms with E-state index in [4.69, 9.17) is 11.5 Å². The van der Waals surface area contributed by atoms with Crippen molar-refractivity contribution in [3.8, 4) is 0 Å². The van der Waals surface area contributed by atoms with Crippen LogP contribution in [0.5, 0.6) is 0 Å². The van der Waals surface area contributed by atoms with E-state index < -0.39 is 0 Å². The zero-order valence-corrected chi connectivity index (χ0v) is 12.1. The standard InChI is InChI=1S/C9H11N.C9H13N/c10-9-6-8(9)7-4-2-1-3-5-7;1-8(10)7-9-5-3-2-4-6-9/h1-5,8-9H,6,10H2;2-6,8H,7,10H2,1H3/t8-,9+;8-/m00/s1. The van der Waals surface area contributed by atoms with Crippen molar-refractivity contribution >= 4 is 0 Å². The maximum atomic E-state index is 5.70. The normalized spacial score (nSPS) is 21.6. The number of hydrogen-bond donors (Lipinski definition) is 2. The van der Waals surface area contributed by atoms with Crippen LogP contribution in [0.1, 0.15) is 30.4 Å². The third-order valence-electron chi connectivity index (χ3n) is 3.47. The molecular weight excluding hydrogens is 244 g/mol. The molecule has 0 aliphatic heterocycles. The predicted molar refractivity (Wildman–Crippen MR) is 85.6 cm³/mol. The Labute approximate surface area is 121 Å². The molecule has 0 unspecified atom stereocenters. The molecule has 1 fully saturated rings. The summed E-state index contributed by atoms with van der Waals surface area (Å²) in [5.74, 6) is 0.654. The second-order valence-corrected chi connectivity index (χ2v) is 5.58. The van der Waals surface area contributed by atoms with Crippen molar-refractivity contribution in [2.45, 2.75) is 37.8 Å². The van der Waals surface area contributed by atoms with Crippen LogP contribution in [-0.2, 0) is 6.42 Å². The molecule has 2 heteroatoms. The van der Waals surface area contributed by atoms with Crippen LogP contribution < -0.4 is 11.5 Å². The Hall–Kier alpha value is -1.64. The molecule has 0 bridgehead atoms. The first-order valence-electron chi connectivity index (χ1n) is 7.27. The molecule has 3 rings (SSSR count). The Morgan fingerprint density at radius 1 is 1.00 bits per heavy atom. The molecule has 0 spiro atoms. The van der Waals surface area contributed by atoms with Gasteiger partial charge in [-0.3, -0.25) is 0 Å². The second-order valence-electron chi connectivity index (χ2n) is 5.58. The van der Waals surface area contributed by atoms with Crippen molar-refractivity contribution in [2.75, 3.05) is 0 Å². The molecule has 1 aliphatic rings. The summed E-state index contributed by atoms with van der Waals surface area (Å²) in [5, 5.41) is 0. The second kappa shape index (κ2) is 7.22. The first kappa shape index (κ1) is 14.8. The molecule has 0 heterocycles. The van der Waals surface area contributed by atoms with Gasteiger partial charge < -0.3 is 11.5 Å². The lowest BCUT2D eigenvalue weighted by atomic mass is 10.1. The molecule has 2 aromatic rings. The fraction of sp³-hybridized carbons (Fsp3) is 0.333. The molecule has 2 nitrogen and oxygen atoms in total. The molecule has 20 heavy (non-hydrogen) atoms. The Morgan fingerprint density at radius 3 is 1.95 bits per heavy atom. The highest BCUT2D eigenvalue weighted by Crippen LogP contribution is 2.38. The van der Waals surface area contributed by atoms with E-state index in [0.717, 1.165) is 6.42 Å². The van der Waals surface area contributed by atoms with E-state index in [2.05, 4.69) is 36.4 Å². The van der Waals surface area contributed by atoms with Crippen LogP contribution >= 0.6 is 0 Å². The van der Waals surface area contributed by atoms with E-state index in [9.17, 15) is 0 Å². The molecular formula is C18H24N2. The fourth-order valence-corrected chi connectivity index (χ4v) is 2.28. The summed E-state index contributed by atoms with van der Waals surface area (Å²) >= 11 is 0. The van der Waals surface area contributed by atoms with Crippen molar-refractivity contribution in [3.05, 3.63) is 71.8 Å². The van der Waals surface area contributed by atoms with Crippen LogP contribution in [0.15, 0.2) is 60.7 Å². The highest BCUT2D eigenvalue weighted by atomic mass is 14.7. The summed E-state index contributed by atoms with van der Waals surface area (Å²) in [7, 11) is 0. The minimum absolute atomic E-state index is 0.266. The average Bonchev–Trinajstić information content (AvgIpc) is 3.18. The van der Waals surface area contributed by atoms with Gasteiger partial charge >= 0.3 is 0 Å². The van der Waals surface area contributed by atoms with Gasteiger partial charge in [0.1, 0.15) is 0 Å². The molecule has 1 saturated carbocycles. The minimum atomic E-state index is 0.266. The van der Waals surface area contributed by atoms with Gasteiger partial charge in [0, 0.05) is 18.0 Å². The predicted octanol–water partition coefficient (Wildman–Crippen LogP) is 3.08. The van der Waals surface area contributed by atoms with Gasteiger partial charge in [-0.2, -0.15) is 0 Å². The van der Waals surface area contributed by atoms with Crippen molar-refractivity contribution in [1.82, 2.24) is 0 Å². The van der Waals surface area contributed by atoms with Gasteiger partial charge in [0.25, 0.3) is 0 Å². The van der Waals surface area contributed by atoms with Gasteiger partial charge in [-0.1, -0.05) is 60.7 Å². The largest absolute Gasteiger partial charge is 0.328 e. The minimum Gasteiger partial charge on any atom is -0.328 e. The molecule has 4 N–H and O–H groups in total. The number of rotatable bonds is 3. The number of nitrogens with two attached hydrogens (primary N) is 2. The van der Waals surface area contributed by atoms with Crippen molar-refractivity contribution in [3.63, 3.8) is 0 Å². The van der Waals surface area contributed by atoms with E-state index in [1.165, 1.54) is 17.5 Å². The Balaban J connectivity index is 0.000000147. The fourth-order valence-electron chi connectivity index (χ4n) is 2.28. The van der Waals surface area contributed by atoms with Gasteiger partial charge in [-0.05, 0) is 30.9 Å². The zero-order chi connectivity index (χ0) is 14.4. The van der Waals surface area contributed by atoms with Gasteiger partial charge in [-0.15, -0.1) is 0 Å². The van der Waals surface area contributed by atoms with Crippen molar-refractivity contribution in [1.29, 1.82) is 0 Å². The summed E-state index contributed by atoms with van der Waals surface area (Å²) in [6.07, 6.45) is 2.14. The molecule has 0 radical (unpaired) electrons. The van der Waals surface area contributed by atoms with Crippen molar-refractivity contribution in [2.24, 2.45) is 11.5 Å². The summed E-state index contributed by atoms with van der Waals surface area (Å²) in [6.45, 7) is 2.02. The van der Waals surface area contributed by atoms with Gasteiger partial charge in [0.05, 0.1) is 0 Å². The van der Waals surface area contributed by atoms with E-state index in [0.29, 0.717) is 12.0 Å². The van der Waals surface area contributed by atoms with Gasteiger partial charge in [-0.25, -0.2) is 0 Å². The lowest BCUT2D eigenvalue weighted by Crippen LogP contribution is -2.17. The quantitative estimate of drug-likeness (QED) is 0.899. The molecule has 0 aromatic heterocycles. The van der Waals surface area contributed by atoms with Crippen LogP contribution in [0.2, 0.25) is 0 Å². The zero-order valence-electron chi connectivity index (χ0n) is 12.1. The van der Waals surface area contributed by atoms with E-state index in [1.54, 1.807) is 0 Å². The molecule has 0 amide bonds. The highest BCUT2D eigenvalue weighted by Gasteiger charge is 2.34. The van der Waals surface area contributed by atoms with Crippen LogP contribution in [0.3, 0.4) is 0 Å². The van der Waals surface area contributed by atoms with Crippen LogP contribution in [0.25, 0.3) is 0 Å². The van der Waals surface area contributed by atoms with Crippen LogP contribution in [-0.4, -0.2) is 12.1 Å². The molecule has 2 aromatic carbocycles. The third kappa shape index (κ3) is 4.80. The summed E-state index contributed by atoms with van der Waals surface area (Å²) in [5.41, 5.74) is 14.0. The number of benzene rings is 2. The molecule has 106 valence electrons. The maximum absolute atomic E-state index is 5.70. The summed E-state index contributed by atoms with van der Waals surface area (Å²) < 4.78 is 0. The van der Waals surface area contributed by atoms with Gasteiger partial charge in [0.2, 0.25) is 0 Å². The number of hydrogen-bond acceptors (Lipinski definition) is 2. The third-order valence-corrected chi connectivity index (χ3v) is 3.47. The molecule has 1 aliphatic carbocycles. The lowest BCUT2D eigenvalue weighted by Gasteiger charge is -2.02. The highest BCUT2D eigenvalue weighted by molar-refractivity contribution is 5.27. The van der Waals surface area contributed by atoms with E-state index in [1.807, 2.05) is 31.2 Å². The smallest absolute Gasteiger partial charge is 0.0115 e. The lowest BCUT2D eigenvalue weighted by molar-refractivity contribution is 0.738. The first-order valence-corrected chi connectivity index (χ1v) is 7.27. The Kier molecular flexibility index (Phi) is 5.33. The first-order chi connectivity index (χ1) is 9.66. The monoisotopic (exact) mass is 268 g/mol. The SMILES string of the molecule is C[C@H](N)Cc1ccccc1.N[C@@H]1C[C@H]1c1ccccc1. The van der Waals surface area contributed by atoms with Crippen LogP contribution in [0.4, 0.5) is 0 Å². The van der Waals surface area contributed by atoms with Crippen LogP contribution in [0, 0.1) is 0 Å². The summed E-state index contributed by atoms with van der Waals surface area (Å²) in [6, 6.07) is 21.5. The van der Waals surface area contributed by atoms with Crippen molar-refractivity contribution < 1.29 is 0 Å². The molecule has 0 saturated heterocycles. The Morgan fingerprint density at radius 2 is 1.50 bits per heavy atom.